The van der Waals surface area contributed by atoms with E-state index >= 15 is 8.78 Å². The smallest absolute Gasteiger partial charge is 0.360 e. The Balaban J connectivity index is 1.71. The van der Waals surface area contributed by atoms with Crippen LogP contribution in [-0.2, 0) is 24.6 Å². The van der Waals surface area contributed by atoms with Crippen LogP contribution in [0.1, 0.15) is 53.4 Å². The number of fused-ring (bicyclic) bond motifs is 1. The van der Waals surface area contributed by atoms with Crippen LogP contribution >= 0.6 is 11.6 Å². The number of hydrogen-bond acceptors (Lipinski definition) is 1. The van der Waals surface area contributed by atoms with E-state index in [1.54, 1.807) is 18.2 Å². The van der Waals surface area contributed by atoms with Crippen LogP contribution in [0.25, 0.3) is 10.9 Å². The van der Waals surface area contributed by atoms with Crippen molar-refractivity contribution in [3.63, 3.8) is 0 Å². The Morgan fingerprint density at radius 2 is 1.71 bits per heavy atom. The van der Waals surface area contributed by atoms with Gasteiger partial charge in [-0.3, -0.25) is 4.79 Å². The second-order valence-electron chi connectivity index (χ2n) is 10.2. The SMILES string of the molecule is CC(C)(C)c1ccc(CN(CCc2cccc(C(F)(F)F)c2)C(=O)c2c(F)c(Cl)cc3cc[nH]c23)c(F)c1. The molecule has 1 N–H and O–H groups in total. The van der Waals surface area contributed by atoms with Gasteiger partial charge in [0.1, 0.15) is 11.4 Å². The molecule has 0 radical (unpaired) electrons. The number of nitrogens with zero attached hydrogens (tertiary/aromatic N) is 1. The lowest BCUT2D eigenvalue weighted by Gasteiger charge is -2.25. The van der Waals surface area contributed by atoms with Gasteiger partial charge in [-0.25, -0.2) is 8.78 Å². The third-order valence-corrected chi connectivity index (χ3v) is 6.72. The van der Waals surface area contributed by atoms with Crippen molar-refractivity contribution in [1.29, 1.82) is 0 Å². The number of aromatic amines is 1. The summed E-state index contributed by atoms with van der Waals surface area (Å²) in [4.78, 5) is 17.8. The molecule has 38 heavy (non-hydrogen) atoms. The Kier molecular flexibility index (Phi) is 7.57. The van der Waals surface area contributed by atoms with Crippen LogP contribution in [0.5, 0.6) is 0 Å². The van der Waals surface area contributed by atoms with Crippen LogP contribution in [-0.4, -0.2) is 22.3 Å². The van der Waals surface area contributed by atoms with Crippen molar-refractivity contribution in [2.75, 3.05) is 6.54 Å². The number of aromatic nitrogens is 1. The molecule has 0 aliphatic heterocycles. The zero-order valence-corrected chi connectivity index (χ0v) is 21.8. The predicted molar refractivity (Wildman–Crippen MR) is 138 cm³/mol. The highest BCUT2D eigenvalue weighted by Crippen LogP contribution is 2.31. The van der Waals surface area contributed by atoms with E-state index < -0.39 is 29.3 Å². The number of hydrogen-bond donors (Lipinski definition) is 1. The number of carbonyl (C=O) groups excluding carboxylic acids is 1. The molecule has 4 rings (SSSR count). The van der Waals surface area contributed by atoms with Gasteiger partial charge in [-0.2, -0.15) is 13.2 Å². The average Bonchev–Trinajstić information content (AvgIpc) is 3.29. The predicted octanol–water partition coefficient (Wildman–Crippen LogP) is 8.30. The lowest BCUT2D eigenvalue weighted by atomic mass is 9.86. The summed E-state index contributed by atoms with van der Waals surface area (Å²) in [5.41, 5.74) is 0.0815. The molecule has 200 valence electrons. The van der Waals surface area contributed by atoms with E-state index in [9.17, 15) is 18.0 Å². The van der Waals surface area contributed by atoms with E-state index in [-0.39, 0.29) is 46.6 Å². The van der Waals surface area contributed by atoms with E-state index in [0.717, 1.165) is 17.7 Å². The molecule has 1 heterocycles. The summed E-state index contributed by atoms with van der Waals surface area (Å²) in [6.07, 6.45) is -2.95. The highest BCUT2D eigenvalue weighted by Gasteiger charge is 2.31. The summed E-state index contributed by atoms with van der Waals surface area (Å²) < 4.78 is 69.9. The fourth-order valence-electron chi connectivity index (χ4n) is 4.27. The first-order chi connectivity index (χ1) is 17.8. The number of benzene rings is 3. The van der Waals surface area contributed by atoms with Gasteiger partial charge in [-0.1, -0.05) is 62.7 Å². The maximum atomic E-state index is 15.2. The normalized spacial score (nSPS) is 12.2. The minimum atomic E-state index is -4.52. The monoisotopic (exact) mass is 548 g/mol. The van der Waals surface area contributed by atoms with Gasteiger partial charge in [0.2, 0.25) is 0 Å². The van der Waals surface area contributed by atoms with Crippen molar-refractivity contribution < 1.29 is 26.7 Å². The lowest BCUT2D eigenvalue weighted by molar-refractivity contribution is -0.137. The van der Waals surface area contributed by atoms with Crippen molar-refractivity contribution in [2.45, 2.75) is 45.3 Å². The Morgan fingerprint density at radius 1 is 0.974 bits per heavy atom. The first-order valence-electron chi connectivity index (χ1n) is 11.9. The summed E-state index contributed by atoms with van der Waals surface area (Å²) in [7, 11) is 0. The molecule has 0 fully saturated rings. The largest absolute Gasteiger partial charge is 0.416 e. The van der Waals surface area contributed by atoms with Crippen LogP contribution in [0.3, 0.4) is 0 Å². The first kappa shape index (κ1) is 27.6. The fraction of sp³-hybridized carbons (Fsp3) is 0.276. The molecule has 0 spiro atoms. The van der Waals surface area contributed by atoms with Crippen molar-refractivity contribution in [1.82, 2.24) is 9.88 Å². The quantitative estimate of drug-likeness (QED) is 0.242. The minimum absolute atomic E-state index is 0.0351. The van der Waals surface area contributed by atoms with Gasteiger partial charge in [-0.05, 0) is 47.2 Å². The molecular weight excluding hydrogens is 523 g/mol. The molecule has 3 aromatic carbocycles. The molecular formula is C29H26ClF5N2O. The van der Waals surface area contributed by atoms with Gasteiger partial charge in [0, 0.05) is 30.2 Å². The van der Waals surface area contributed by atoms with Crippen LogP contribution in [0, 0.1) is 11.6 Å². The van der Waals surface area contributed by atoms with E-state index in [2.05, 4.69) is 4.98 Å². The van der Waals surface area contributed by atoms with Gasteiger partial charge in [-0.15, -0.1) is 0 Å². The molecule has 0 unspecified atom stereocenters. The molecule has 0 saturated carbocycles. The summed E-state index contributed by atoms with van der Waals surface area (Å²) in [6.45, 7) is 5.51. The molecule has 9 heteroatoms. The van der Waals surface area contributed by atoms with E-state index in [1.807, 2.05) is 20.8 Å². The molecule has 1 amide bonds. The summed E-state index contributed by atoms with van der Waals surface area (Å²) in [5.74, 6) is -2.23. The zero-order chi connectivity index (χ0) is 27.8. The van der Waals surface area contributed by atoms with Gasteiger partial charge in [0.25, 0.3) is 5.91 Å². The Hall–Kier alpha value is -3.39. The third-order valence-electron chi connectivity index (χ3n) is 6.45. The van der Waals surface area contributed by atoms with Crippen LogP contribution in [0.15, 0.2) is 60.8 Å². The van der Waals surface area contributed by atoms with Crippen molar-refractivity contribution >= 4 is 28.4 Å². The van der Waals surface area contributed by atoms with Gasteiger partial charge in [0.15, 0.2) is 5.82 Å². The van der Waals surface area contributed by atoms with Crippen LogP contribution in [0.2, 0.25) is 5.02 Å². The van der Waals surface area contributed by atoms with Gasteiger partial charge >= 0.3 is 6.18 Å². The Morgan fingerprint density at radius 3 is 2.37 bits per heavy atom. The highest BCUT2D eigenvalue weighted by atomic mass is 35.5. The number of amides is 1. The molecule has 3 nitrogen and oxygen atoms in total. The van der Waals surface area contributed by atoms with Crippen molar-refractivity contribution in [3.8, 4) is 0 Å². The Labute approximate surface area is 222 Å². The summed E-state index contributed by atoms with van der Waals surface area (Å²) in [6, 6.07) is 12.5. The molecule has 0 saturated heterocycles. The zero-order valence-electron chi connectivity index (χ0n) is 21.0. The average molecular weight is 549 g/mol. The molecule has 0 aliphatic rings. The molecule has 0 atom stereocenters. The number of halogens is 6. The summed E-state index contributed by atoms with van der Waals surface area (Å²) in [5, 5.41) is 0.261. The molecule has 4 aromatic rings. The number of H-pyrrole nitrogens is 1. The number of rotatable bonds is 6. The van der Waals surface area contributed by atoms with E-state index in [1.165, 1.54) is 35.4 Å². The van der Waals surface area contributed by atoms with Crippen molar-refractivity contribution in [2.24, 2.45) is 0 Å². The topological polar surface area (TPSA) is 36.1 Å². The first-order valence-corrected chi connectivity index (χ1v) is 12.3. The second kappa shape index (κ2) is 10.4. The van der Waals surface area contributed by atoms with E-state index in [0.29, 0.717) is 10.9 Å². The number of nitrogens with one attached hydrogen (secondary N) is 1. The maximum Gasteiger partial charge on any atom is 0.416 e. The lowest BCUT2D eigenvalue weighted by Crippen LogP contribution is -2.34. The third kappa shape index (κ3) is 5.85. The molecule has 0 aliphatic carbocycles. The standard InChI is InChI=1S/C29H26ClF5N2O/c1-28(2,3)20-8-7-19(23(31)15-20)16-37(12-10-17-5-4-6-21(13-17)29(33,34)35)27(38)24-25(32)22(30)14-18-9-11-36-26(18)24/h4-9,11,13-15,36H,10,12,16H2,1-3H3. The van der Waals surface area contributed by atoms with E-state index in [4.69, 9.17) is 11.6 Å². The Bertz CT molecular complexity index is 1490. The second-order valence-corrected chi connectivity index (χ2v) is 10.6. The van der Waals surface area contributed by atoms with Crippen LogP contribution in [0.4, 0.5) is 22.0 Å². The maximum absolute atomic E-state index is 15.2. The molecule has 0 bridgehead atoms. The minimum Gasteiger partial charge on any atom is -0.360 e. The number of alkyl halides is 3. The van der Waals surface area contributed by atoms with Gasteiger partial charge < -0.3 is 9.88 Å². The molecule has 1 aromatic heterocycles. The summed E-state index contributed by atoms with van der Waals surface area (Å²) >= 11 is 6.05. The fourth-order valence-corrected chi connectivity index (χ4v) is 4.49. The highest BCUT2D eigenvalue weighted by molar-refractivity contribution is 6.32. The van der Waals surface area contributed by atoms with Gasteiger partial charge in [0.05, 0.1) is 16.1 Å². The number of carbonyl (C=O) groups is 1. The van der Waals surface area contributed by atoms with Crippen LogP contribution < -0.4 is 0 Å². The van der Waals surface area contributed by atoms with Crippen molar-refractivity contribution in [3.05, 3.63) is 105 Å².